The predicted molar refractivity (Wildman–Crippen MR) is 102 cm³/mol. The number of carbonyl (C=O) groups excluding carboxylic acids is 1. The first kappa shape index (κ1) is 19.1. The molecule has 0 aromatic heterocycles. The van der Waals surface area contributed by atoms with E-state index in [-0.39, 0.29) is 5.91 Å². The van der Waals surface area contributed by atoms with Gasteiger partial charge in [-0.2, -0.15) is 0 Å². The van der Waals surface area contributed by atoms with E-state index in [1.165, 1.54) is 0 Å². The number of ether oxygens (including phenoxy) is 3. The van der Waals surface area contributed by atoms with Crippen molar-refractivity contribution >= 4 is 27.5 Å². The molecular formula is C19H22BrNO4. The van der Waals surface area contributed by atoms with E-state index in [4.69, 9.17) is 14.2 Å². The Morgan fingerprint density at radius 2 is 1.56 bits per heavy atom. The molecule has 0 spiro atoms. The fourth-order valence-corrected chi connectivity index (χ4v) is 2.69. The highest BCUT2D eigenvalue weighted by molar-refractivity contribution is 9.10. The van der Waals surface area contributed by atoms with Gasteiger partial charge in [0.1, 0.15) is 0 Å². The summed E-state index contributed by atoms with van der Waals surface area (Å²) in [5, 5.41) is 2.87. The predicted octanol–water partition coefficient (Wildman–Crippen LogP) is 4.90. The van der Waals surface area contributed by atoms with Gasteiger partial charge >= 0.3 is 0 Å². The van der Waals surface area contributed by atoms with Crippen LogP contribution in [0.25, 0.3) is 0 Å². The Morgan fingerprint density at radius 1 is 0.960 bits per heavy atom. The Bertz CT molecular complexity index is 706. The molecule has 0 saturated carbocycles. The highest BCUT2D eigenvalue weighted by Gasteiger charge is 2.18. The maximum Gasteiger partial charge on any atom is 0.255 e. The summed E-state index contributed by atoms with van der Waals surface area (Å²) in [4.78, 5) is 12.6. The van der Waals surface area contributed by atoms with Crippen molar-refractivity contribution in [2.45, 2.75) is 20.8 Å². The SMILES string of the molecule is CCOc1cc(C(=O)Nc2cccc(Br)c2)cc(OCC)c1OCC. The number of carbonyl (C=O) groups is 1. The van der Waals surface area contributed by atoms with Crippen LogP contribution < -0.4 is 19.5 Å². The summed E-state index contributed by atoms with van der Waals surface area (Å²) >= 11 is 3.39. The van der Waals surface area contributed by atoms with Crippen molar-refractivity contribution in [2.75, 3.05) is 25.1 Å². The van der Waals surface area contributed by atoms with E-state index in [1.54, 1.807) is 12.1 Å². The lowest BCUT2D eigenvalue weighted by molar-refractivity contribution is 0.102. The van der Waals surface area contributed by atoms with Crippen molar-refractivity contribution in [3.8, 4) is 17.2 Å². The molecule has 0 radical (unpaired) electrons. The molecule has 2 aromatic rings. The van der Waals surface area contributed by atoms with Crippen molar-refractivity contribution in [2.24, 2.45) is 0 Å². The normalized spacial score (nSPS) is 10.2. The van der Waals surface area contributed by atoms with Gasteiger partial charge in [-0.15, -0.1) is 0 Å². The Labute approximate surface area is 156 Å². The summed E-state index contributed by atoms with van der Waals surface area (Å²) in [6, 6.07) is 10.8. The molecule has 0 aliphatic heterocycles. The molecule has 6 heteroatoms. The maximum atomic E-state index is 12.6. The molecule has 1 N–H and O–H groups in total. The van der Waals surface area contributed by atoms with Crippen LogP contribution in [-0.4, -0.2) is 25.7 Å². The third-order valence-electron chi connectivity index (χ3n) is 3.25. The van der Waals surface area contributed by atoms with Crippen LogP contribution in [-0.2, 0) is 0 Å². The molecule has 0 bridgehead atoms. The van der Waals surface area contributed by atoms with Gasteiger partial charge in [0.2, 0.25) is 5.75 Å². The molecule has 2 rings (SSSR count). The number of anilines is 1. The number of nitrogens with one attached hydrogen (secondary N) is 1. The summed E-state index contributed by atoms with van der Waals surface area (Å²) in [5.41, 5.74) is 1.14. The van der Waals surface area contributed by atoms with Gasteiger partial charge in [-0.1, -0.05) is 22.0 Å². The van der Waals surface area contributed by atoms with Crippen LogP contribution in [0.2, 0.25) is 0 Å². The average molecular weight is 408 g/mol. The molecule has 0 aliphatic rings. The average Bonchev–Trinajstić information content (AvgIpc) is 2.58. The maximum absolute atomic E-state index is 12.6. The lowest BCUT2D eigenvalue weighted by Gasteiger charge is -2.17. The van der Waals surface area contributed by atoms with Crippen LogP contribution in [0.3, 0.4) is 0 Å². The van der Waals surface area contributed by atoms with Crippen molar-refractivity contribution in [1.82, 2.24) is 0 Å². The van der Waals surface area contributed by atoms with Crippen LogP contribution >= 0.6 is 15.9 Å². The van der Waals surface area contributed by atoms with Gasteiger partial charge in [-0.25, -0.2) is 0 Å². The van der Waals surface area contributed by atoms with Gasteiger partial charge < -0.3 is 19.5 Å². The summed E-state index contributed by atoms with van der Waals surface area (Å²) in [6.45, 7) is 7.04. The first-order valence-corrected chi connectivity index (χ1v) is 9.01. The highest BCUT2D eigenvalue weighted by Crippen LogP contribution is 2.39. The molecule has 0 heterocycles. The number of halogens is 1. The fourth-order valence-electron chi connectivity index (χ4n) is 2.29. The van der Waals surface area contributed by atoms with Gasteiger partial charge in [-0.05, 0) is 51.1 Å². The van der Waals surface area contributed by atoms with Crippen LogP contribution in [0.5, 0.6) is 17.2 Å². The lowest BCUT2D eigenvalue weighted by Crippen LogP contribution is -2.13. The fraction of sp³-hybridized carbons (Fsp3) is 0.316. The first-order valence-electron chi connectivity index (χ1n) is 8.22. The minimum atomic E-state index is -0.247. The topological polar surface area (TPSA) is 56.8 Å². The van der Waals surface area contributed by atoms with E-state index in [9.17, 15) is 4.79 Å². The zero-order valence-electron chi connectivity index (χ0n) is 14.6. The minimum Gasteiger partial charge on any atom is -0.490 e. The molecule has 1 amide bonds. The Balaban J connectivity index is 2.36. The molecular weight excluding hydrogens is 386 g/mol. The summed E-state index contributed by atoms with van der Waals surface area (Å²) in [6.07, 6.45) is 0. The highest BCUT2D eigenvalue weighted by atomic mass is 79.9. The van der Waals surface area contributed by atoms with E-state index < -0.39 is 0 Å². The molecule has 0 unspecified atom stereocenters. The number of amides is 1. The third-order valence-corrected chi connectivity index (χ3v) is 3.75. The lowest BCUT2D eigenvalue weighted by atomic mass is 10.1. The van der Waals surface area contributed by atoms with Crippen molar-refractivity contribution < 1.29 is 19.0 Å². The third kappa shape index (κ3) is 5.13. The Hall–Kier alpha value is -2.21. The standard InChI is InChI=1S/C19H22BrNO4/c1-4-23-16-10-13(11-17(24-5-2)18(16)25-6-3)19(22)21-15-9-7-8-14(20)12-15/h7-12H,4-6H2,1-3H3,(H,21,22). The number of benzene rings is 2. The van der Waals surface area contributed by atoms with E-state index in [1.807, 2.05) is 45.0 Å². The second kappa shape index (κ2) is 9.32. The van der Waals surface area contributed by atoms with Crippen molar-refractivity contribution in [3.05, 3.63) is 46.4 Å². The second-order valence-electron chi connectivity index (χ2n) is 5.07. The first-order chi connectivity index (χ1) is 12.1. The Morgan fingerprint density at radius 3 is 2.08 bits per heavy atom. The van der Waals surface area contributed by atoms with E-state index >= 15 is 0 Å². The monoisotopic (exact) mass is 407 g/mol. The molecule has 25 heavy (non-hydrogen) atoms. The second-order valence-corrected chi connectivity index (χ2v) is 5.98. The van der Waals surface area contributed by atoms with Crippen molar-refractivity contribution in [1.29, 1.82) is 0 Å². The van der Waals surface area contributed by atoms with Crippen LogP contribution in [0.15, 0.2) is 40.9 Å². The number of rotatable bonds is 8. The zero-order valence-corrected chi connectivity index (χ0v) is 16.2. The smallest absolute Gasteiger partial charge is 0.255 e. The largest absolute Gasteiger partial charge is 0.490 e. The number of hydrogen-bond donors (Lipinski definition) is 1. The van der Waals surface area contributed by atoms with Crippen LogP contribution in [0, 0.1) is 0 Å². The zero-order chi connectivity index (χ0) is 18.2. The van der Waals surface area contributed by atoms with Crippen LogP contribution in [0.1, 0.15) is 31.1 Å². The quantitative estimate of drug-likeness (QED) is 0.675. The van der Waals surface area contributed by atoms with E-state index in [0.717, 1.165) is 4.47 Å². The molecule has 0 fully saturated rings. The molecule has 0 atom stereocenters. The van der Waals surface area contributed by atoms with Gasteiger partial charge in [0.25, 0.3) is 5.91 Å². The van der Waals surface area contributed by atoms with Crippen molar-refractivity contribution in [3.63, 3.8) is 0 Å². The van der Waals surface area contributed by atoms with E-state index in [2.05, 4.69) is 21.2 Å². The molecule has 0 saturated heterocycles. The van der Waals surface area contributed by atoms with Crippen LogP contribution in [0.4, 0.5) is 5.69 Å². The van der Waals surface area contributed by atoms with Gasteiger partial charge in [0, 0.05) is 15.7 Å². The minimum absolute atomic E-state index is 0.247. The molecule has 2 aromatic carbocycles. The summed E-state index contributed by atoms with van der Waals surface area (Å²) < 4.78 is 17.8. The van der Waals surface area contributed by atoms with Gasteiger partial charge in [0.05, 0.1) is 19.8 Å². The summed E-state index contributed by atoms with van der Waals surface area (Å²) in [7, 11) is 0. The number of hydrogen-bond acceptors (Lipinski definition) is 4. The Kier molecular flexibility index (Phi) is 7.13. The van der Waals surface area contributed by atoms with Gasteiger partial charge in [0.15, 0.2) is 11.5 Å². The molecule has 134 valence electrons. The molecule has 0 aliphatic carbocycles. The van der Waals surface area contributed by atoms with Gasteiger partial charge in [-0.3, -0.25) is 4.79 Å². The van der Waals surface area contributed by atoms with E-state index in [0.29, 0.717) is 48.3 Å². The molecule has 5 nitrogen and oxygen atoms in total. The summed E-state index contributed by atoms with van der Waals surface area (Å²) in [5.74, 6) is 1.26.